The third-order valence-corrected chi connectivity index (χ3v) is 5.27. The molecule has 1 atom stereocenters. The van der Waals surface area contributed by atoms with Crippen LogP contribution in [0.3, 0.4) is 0 Å². The molecule has 1 unspecified atom stereocenters. The maximum atomic E-state index is 6.18. The first-order chi connectivity index (χ1) is 13.2. The van der Waals surface area contributed by atoms with Crippen LogP contribution in [0.5, 0.6) is 5.75 Å². The summed E-state index contributed by atoms with van der Waals surface area (Å²) in [6, 6.07) is 8.38. The topological polar surface area (TPSA) is 40.1 Å². The fraction of sp³-hybridized carbons (Fsp3) is 0.571. The first kappa shape index (κ1) is 19.9. The van der Waals surface area contributed by atoms with Crippen molar-refractivity contribution in [3.8, 4) is 5.75 Å². The molecule has 0 aliphatic carbocycles. The lowest BCUT2D eigenvalue weighted by Crippen LogP contribution is -2.45. The van der Waals surface area contributed by atoms with Gasteiger partial charge in [0.25, 0.3) is 0 Å². The van der Waals surface area contributed by atoms with Gasteiger partial charge in [0.05, 0.1) is 19.5 Å². The number of amidine groups is 1. The van der Waals surface area contributed by atoms with Crippen molar-refractivity contribution in [3.05, 3.63) is 41.7 Å². The van der Waals surface area contributed by atoms with E-state index >= 15 is 0 Å². The van der Waals surface area contributed by atoms with Crippen LogP contribution in [0.25, 0.3) is 0 Å². The van der Waals surface area contributed by atoms with Gasteiger partial charge in [-0.1, -0.05) is 43.5 Å². The van der Waals surface area contributed by atoms with Gasteiger partial charge in [-0.05, 0) is 43.4 Å². The molecule has 27 heavy (non-hydrogen) atoms. The maximum absolute atomic E-state index is 6.18. The summed E-state index contributed by atoms with van der Waals surface area (Å²) in [6.45, 7) is 5.23. The molecule has 0 spiro atoms. The normalized spacial score (nSPS) is 18.7. The van der Waals surface area contributed by atoms with E-state index in [9.17, 15) is 0 Å². The predicted molar refractivity (Wildman–Crippen MR) is 112 cm³/mol. The van der Waals surface area contributed by atoms with E-state index in [1.165, 1.54) is 31.2 Å². The van der Waals surface area contributed by atoms with Crippen LogP contribution in [-0.4, -0.2) is 48.1 Å². The summed E-state index contributed by atoms with van der Waals surface area (Å²) < 4.78 is 5.22. The number of alkyl halides is 1. The number of nitrogens with one attached hydrogen (secondary N) is 1. The van der Waals surface area contributed by atoms with E-state index in [4.69, 9.17) is 16.3 Å². The number of hydrogen-bond acceptors (Lipinski definition) is 5. The minimum absolute atomic E-state index is 0.338. The highest BCUT2D eigenvalue weighted by atomic mass is 35.5. The lowest BCUT2D eigenvalue weighted by Gasteiger charge is -2.36. The number of benzene rings is 1. The molecule has 0 radical (unpaired) electrons. The van der Waals surface area contributed by atoms with Crippen LogP contribution in [-0.2, 0) is 6.42 Å². The van der Waals surface area contributed by atoms with E-state index in [1.54, 1.807) is 7.11 Å². The predicted octanol–water partition coefficient (Wildman–Crippen LogP) is 4.15. The molecule has 0 fully saturated rings. The Kier molecular flexibility index (Phi) is 7.27. The van der Waals surface area contributed by atoms with E-state index in [2.05, 4.69) is 45.4 Å². The minimum atomic E-state index is -0.338. The van der Waals surface area contributed by atoms with Gasteiger partial charge in [-0.2, -0.15) is 0 Å². The second-order valence-corrected chi connectivity index (χ2v) is 7.62. The van der Waals surface area contributed by atoms with Crippen molar-refractivity contribution in [2.24, 2.45) is 4.99 Å². The van der Waals surface area contributed by atoms with Gasteiger partial charge in [0.15, 0.2) is 11.5 Å². The van der Waals surface area contributed by atoms with Crippen LogP contribution < -0.4 is 10.1 Å². The average Bonchev–Trinajstić information content (AvgIpc) is 3.06. The molecule has 0 aromatic heterocycles. The molecule has 5 nitrogen and oxygen atoms in total. The van der Waals surface area contributed by atoms with Crippen molar-refractivity contribution in [1.29, 1.82) is 0 Å². The highest BCUT2D eigenvalue weighted by Crippen LogP contribution is 2.21. The van der Waals surface area contributed by atoms with Crippen molar-refractivity contribution in [2.45, 2.75) is 51.1 Å². The van der Waals surface area contributed by atoms with Gasteiger partial charge in [0.1, 0.15) is 5.75 Å². The second-order valence-electron chi connectivity index (χ2n) is 7.21. The van der Waals surface area contributed by atoms with Crippen LogP contribution in [0.2, 0.25) is 0 Å². The molecule has 1 aromatic carbocycles. The lowest BCUT2D eigenvalue weighted by atomic mass is 10.1. The smallest absolute Gasteiger partial charge is 0.197 e. The second kappa shape index (κ2) is 9.88. The molecular weight excluding hydrogens is 360 g/mol. The van der Waals surface area contributed by atoms with Gasteiger partial charge < -0.3 is 19.9 Å². The summed E-state index contributed by atoms with van der Waals surface area (Å²) in [5, 5.41) is 3.26. The van der Waals surface area contributed by atoms with Gasteiger partial charge >= 0.3 is 0 Å². The van der Waals surface area contributed by atoms with E-state index < -0.39 is 0 Å². The number of ether oxygens (including phenoxy) is 1. The number of hydrogen-bond donors (Lipinski definition) is 1. The van der Waals surface area contributed by atoms with Gasteiger partial charge in [-0.25, -0.2) is 4.99 Å². The summed E-state index contributed by atoms with van der Waals surface area (Å²) in [4.78, 5) is 9.30. The molecule has 0 amide bonds. The van der Waals surface area contributed by atoms with Gasteiger partial charge in [0, 0.05) is 19.3 Å². The zero-order chi connectivity index (χ0) is 19.1. The number of nitrogens with zero attached hydrogens (tertiary/aromatic N) is 3. The van der Waals surface area contributed by atoms with Gasteiger partial charge in [-0.3, -0.25) is 0 Å². The minimum Gasteiger partial charge on any atom is -0.497 e. The number of methoxy groups -OCH3 is 1. The molecule has 2 heterocycles. The number of halogens is 1. The fourth-order valence-corrected chi connectivity index (χ4v) is 3.77. The number of aryl methyl sites for hydroxylation is 1. The Morgan fingerprint density at radius 3 is 2.67 bits per heavy atom. The Balaban J connectivity index is 1.48. The fourth-order valence-electron chi connectivity index (χ4n) is 3.56. The third kappa shape index (κ3) is 5.55. The number of aliphatic imine (C=N–C) groups is 1. The van der Waals surface area contributed by atoms with Crippen molar-refractivity contribution < 1.29 is 4.74 Å². The molecule has 3 rings (SSSR count). The van der Waals surface area contributed by atoms with Gasteiger partial charge in [-0.15, -0.1) is 0 Å². The summed E-state index contributed by atoms with van der Waals surface area (Å²) in [7, 11) is 1.70. The first-order valence-corrected chi connectivity index (χ1v) is 10.5. The summed E-state index contributed by atoms with van der Waals surface area (Å²) in [5.41, 5.74) is 2.09. The Morgan fingerprint density at radius 1 is 1.15 bits per heavy atom. The Morgan fingerprint density at radius 2 is 1.93 bits per heavy atom. The SMILES string of the molecule is CCCCCN1CN(CCCCc2ccc(OC)cc2)C=C2NC(Cl)N=C21. The molecule has 0 bridgehead atoms. The molecule has 1 aromatic rings. The molecule has 148 valence electrons. The van der Waals surface area contributed by atoms with Crippen LogP contribution in [0.4, 0.5) is 0 Å². The number of fused-ring (bicyclic) bond motifs is 1. The van der Waals surface area contributed by atoms with Crippen LogP contribution in [0.1, 0.15) is 44.6 Å². The zero-order valence-corrected chi connectivity index (χ0v) is 17.2. The van der Waals surface area contributed by atoms with Crippen molar-refractivity contribution in [2.75, 3.05) is 26.9 Å². The summed E-state index contributed by atoms with van der Waals surface area (Å²) in [6.07, 6.45) is 9.30. The Hall–Kier alpha value is -1.88. The molecule has 0 saturated carbocycles. The van der Waals surface area contributed by atoms with Gasteiger partial charge in [0.2, 0.25) is 0 Å². The quantitative estimate of drug-likeness (QED) is 0.370. The van der Waals surface area contributed by atoms with Crippen molar-refractivity contribution >= 4 is 17.4 Å². The largest absolute Gasteiger partial charge is 0.497 e. The highest BCUT2D eigenvalue weighted by Gasteiger charge is 2.29. The number of unbranched alkanes of at least 4 members (excludes halogenated alkanes) is 3. The Bertz CT molecular complexity index is 659. The molecule has 0 saturated heterocycles. The van der Waals surface area contributed by atoms with E-state index in [0.717, 1.165) is 49.9 Å². The zero-order valence-electron chi connectivity index (χ0n) is 16.5. The maximum Gasteiger partial charge on any atom is 0.197 e. The van der Waals surface area contributed by atoms with E-state index in [0.29, 0.717) is 0 Å². The summed E-state index contributed by atoms with van der Waals surface area (Å²) >= 11 is 6.18. The monoisotopic (exact) mass is 390 g/mol. The molecule has 1 N–H and O–H groups in total. The average molecular weight is 391 g/mol. The summed E-state index contributed by atoms with van der Waals surface area (Å²) in [5.74, 6) is 1.95. The molecule has 6 heteroatoms. The van der Waals surface area contributed by atoms with E-state index in [-0.39, 0.29) is 5.62 Å². The molecular formula is C21H31ClN4O. The molecule has 2 aliphatic heterocycles. The first-order valence-electron chi connectivity index (χ1n) is 10.0. The number of rotatable bonds is 10. The van der Waals surface area contributed by atoms with Crippen molar-refractivity contribution in [3.63, 3.8) is 0 Å². The van der Waals surface area contributed by atoms with E-state index in [1.807, 2.05) is 12.1 Å². The Labute approximate surface area is 168 Å². The van der Waals surface area contributed by atoms with Crippen LogP contribution >= 0.6 is 11.6 Å². The van der Waals surface area contributed by atoms with Crippen molar-refractivity contribution in [1.82, 2.24) is 15.1 Å². The molecule has 2 aliphatic rings. The standard InChI is InChI=1S/C21H31ClN4O/c1-3-4-6-14-26-16-25(15-19-20(26)24-21(22)23-19)13-7-5-8-17-9-11-18(27-2)12-10-17/h9-12,15,21,23H,3-8,13-14,16H2,1-2H3. The third-order valence-electron chi connectivity index (χ3n) is 5.07. The van der Waals surface area contributed by atoms with Crippen LogP contribution in [0.15, 0.2) is 41.2 Å². The van der Waals surface area contributed by atoms with Crippen LogP contribution in [0, 0.1) is 0 Å². The highest BCUT2D eigenvalue weighted by molar-refractivity contribution is 6.22. The lowest BCUT2D eigenvalue weighted by molar-refractivity contribution is 0.229.